The second kappa shape index (κ2) is 5.35. The second-order valence-electron chi connectivity index (χ2n) is 4.65. The lowest BCUT2D eigenvalue weighted by Crippen LogP contribution is -2.29. The molecule has 1 aromatic carbocycles. The molecule has 2 N–H and O–H groups in total. The average molecular weight is 218 g/mol. The van der Waals surface area contributed by atoms with Crippen LogP contribution in [-0.2, 0) is 0 Å². The molecule has 1 saturated heterocycles. The Hall–Kier alpha value is -1.02. The van der Waals surface area contributed by atoms with Crippen molar-refractivity contribution in [2.24, 2.45) is 5.73 Å². The smallest absolute Gasteiger partial charge is 0.0366 e. The van der Waals surface area contributed by atoms with Crippen molar-refractivity contribution >= 4 is 5.69 Å². The number of hydrogen-bond donors (Lipinski definition) is 1. The molecule has 0 unspecified atom stereocenters. The Bertz CT molecular complexity index is 312. The van der Waals surface area contributed by atoms with Crippen LogP contribution in [0.2, 0.25) is 0 Å². The van der Waals surface area contributed by atoms with Crippen LogP contribution in [0.4, 0.5) is 5.69 Å². The molecule has 88 valence electrons. The third kappa shape index (κ3) is 2.56. The zero-order valence-electron chi connectivity index (χ0n) is 10.2. The lowest BCUT2D eigenvalue weighted by atomic mass is 10.0. The van der Waals surface area contributed by atoms with E-state index in [0.29, 0.717) is 0 Å². The summed E-state index contributed by atoms with van der Waals surface area (Å²) in [6.07, 6.45) is 5.05. The fraction of sp³-hybridized carbons (Fsp3) is 0.571. The van der Waals surface area contributed by atoms with Crippen molar-refractivity contribution in [1.29, 1.82) is 0 Å². The summed E-state index contributed by atoms with van der Waals surface area (Å²) in [7, 11) is 0. The molecular weight excluding hydrogens is 196 g/mol. The first-order valence-electron chi connectivity index (χ1n) is 6.41. The molecule has 0 bridgehead atoms. The van der Waals surface area contributed by atoms with Crippen LogP contribution in [0.1, 0.15) is 44.2 Å². The molecule has 0 aromatic heterocycles. The van der Waals surface area contributed by atoms with Crippen LogP contribution in [0.5, 0.6) is 0 Å². The van der Waals surface area contributed by atoms with E-state index in [-0.39, 0.29) is 6.04 Å². The average Bonchev–Trinajstić information content (AvgIpc) is 2.39. The third-order valence-corrected chi connectivity index (χ3v) is 3.48. The Morgan fingerprint density at radius 3 is 2.31 bits per heavy atom. The quantitative estimate of drug-likeness (QED) is 0.844. The topological polar surface area (TPSA) is 29.3 Å². The molecule has 16 heavy (non-hydrogen) atoms. The lowest BCUT2D eigenvalue weighted by molar-refractivity contribution is 0.577. The number of piperidine rings is 1. The molecule has 2 heteroatoms. The van der Waals surface area contributed by atoms with Crippen molar-refractivity contribution in [2.75, 3.05) is 18.0 Å². The van der Waals surface area contributed by atoms with Gasteiger partial charge >= 0.3 is 0 Å². The van der Waals surface area contributed by atoms with Gasteiger partial charge in [0.2, 0.25) is 0 Å². The van der Waals surface area contributed by atoms with Gasteiger partial charge in [0.05, 0.1) is 0 Å². The summed E-state index contributed by atoms with van der Waals surface area (Å²) in [5.41, 5.74) is 8.62. The van der Waals surface area contributed by atoms with E-state index in [9.17, 15) is 0 Å². The molecule has 0 amide bonds. The van der Waals surface area contributed by atoms with Crippen molar-refractivity contribution in [3.8, 4) is 0 Å². The van der Waals surface area contributed by atoms with E-state index in [4.69, 9.17) is 5.73 Å². The summed E-state index contributed by atoms with van der Waals surface area (Å²) in [4.78, 5) is 2.48. The van der Waals surface area contributed by atoms with Crippen LogP contribution < -0.4 is 10.6 Å². The molecule has 1 heterocycles. The van der Waals surface area contributed by atoms with Gasteiger partial charge in [-0.1, -0.05) is 19.1 Å². The monoisotopic (exact) mass is 218 g/mol. The largest absolute Gasteiger partial charge is 0.372 e. The van der Waals surface area contributed by atoms with Crippen molar-refractivity contribution in [2.45, 2.75) is 38.6 Å². The van der Waals surface area contributed by atoms with E-state index >= 15 is 0 Å². The first kappa shape index (κ1) is 11.5. The third-order valence-electron chi connectivity index (χ3n) is 3.48. The zero-order chi connectivity index (χ0) is 11.4. The Kier molecular flexibility index (Phi) is 3.83. The fourth-order valence-corrected chi connectivity index (χ4v) is 2.32. The molecule has 0 radical (unpaired) electrons. The summed E-state index contributed by atoms with van der Waals surface area (Å²) in [6, 6.07) is 8.98. The highest BCUT2D eigenvalue weighted by Crippen LogP contribution is 2.22. The van der Waals surface area contributed by atoms with Crippen LogP contribution in [0.15, 0.2) is 24.3 Å². The standard InChI is InChI=1S/C14H22N2/c1-2-14(15)12-6-8-13(9-7-12)16-10-4-3-5-11-16/h6-9,14H,2-5,10-11,15H2,1H3/t14-/m1/s1. The number of nitrogens with two attached hydrogens (primary N) is 1. The molecule has 2 nitrogen and oxygen atoms in total. The van der Waals surface area contributed by atoms with Gasteiger partial charge in [-0.05, 0) is 43.4 Å². The van der Waals surface area contributed by atoms with E-state index in [1.807, 2.05) is 0 Å². The van der Waals surface area contributed by atoms with Crippen LogP contribution >= 0.6 is 0 Å². The van der Waals surface area contributed by atoms with Gasteiger partial charge in [0, 0.05) is 24.8 Å². The lowest BCUT2D eigenvalue weighted by Gasteiger charge is -2.29. The first-order chi connectivity index (χ1) is 7.81. The second-order valence-corrected chi connectivity index (χ2v) is 4.65. The molecule has 1 aliphatic rings. The summed E-state index contributed by atoms with van der Waals surface area (Å²) < 4.78 is 0. The van der Waals surface area contributed by atoms with Crippen LogP contribution in [-0.4, -0.2) is 13.1 Å². The normalized spacial score (nSPS) is 18.5. The van der Waals surface area contributed by atoms with Crippen molar-refractivity contribution in [3.05, 3.63) is 29.8 Å². The van der Waals surface area contributed by atoms with E-state index in [1.165, 1.54) is 43.6 Å². The number of anilines is 1. The van der Waals surface area contributed by atoms with E-state index < -0.39 is 0 Å². The maximum atomic E-state index is 6.01. The summed E-state index contributed by atoms with van der Waals surface area (Å²) in [6.45, 7) is 4.54. The minimum absolute atomic E-state index is 0.190. The van der Waals surface area contributed by atoms with Crippen molar-refractivity contribution < 1.29 is 0 Å². The molecule has 1 aliphatic heterocycles. The maximum absolute atomic E-state index is 6.01. The van der Waals surface area contributed by atoms with Gasteiger partial charge in [0.25, 0.3) is 0 Å². The molecule has 2 rings (SSSR count). The Morgan fingerprint density at radius 1 is 1.12 bits per heavy atom. The predicted molar refractivity (Wildman–Crippen MR) is 69.7 cm³/mol. The van der Waals surface area contributed by atoms with E-state index in [2.05, 4.69) is 36.1 Å². The molecule has 1 aromatic rings. The molecule has 0 saturated carbocycles. The minimum Gasteiger partial charge on any atom is -0.372 e. The van der Waals surface area contributed by atoms with Gasteiger partial charge in [-0.2, -0.15) is 0 Å². The number of rotatable bonds is 3. The zero-order valence-corrected chi connectivity index (χ0v) is 10.2. The van der Waals surface area contributed by atoms with Crippen molar-refractivity contribution in [1.82, 2.24) is 0 Å². The van der Waals surface area contributed by atoms with E-state index in [0.717, 1.165) is 6.42 Å². The van der Waals surface area contributed by atoms with Gasteiger partial charge in [-0.25, -0.2) is 0 Å². The highest BCUT2D eigenvalue weighted by Gasteiger charge is 2.11. The summed E-state index contributed by atoms with van der Waals surface area (Å²) >= 11 is 0. The molecule has 0 aliphatic carbocycles. The highest BCUT2D eigenvalue weighted by atomic mass is 15.1. The Balaban J connectivity index is 2.06. The van der Waals surface area contributed by atoms with Crippen molar-refractivity contribution in [3.63, 3.8) is 0 Å². The van der Waals surface area contributed by atoms with Gasteiger partial charge < -0.3 is 10.6 Å². The Labute approximate surface area is 98.4 Å². The number of benzene rings is 1. The maximum Gasteiger partial charge on any atom is 0.0366 e. The highest BCUT2D eigenvalue weighted by molar-refractivity contribution is 5.48. The summed E-state index contributed by atoms with van der Waals surface area (Å²) in [5, 5.41) is 0. The molecule has 1 atom stereocenters. The van der Waals surface area contributed by atoms with Gasteiger partial charge in [0.15, 0.2) is 0 Å². The van der Waals surface area contributed by atoms with Gasteiger partial charge in [-0.15, -0.1) is 0 Å². The minimum atomic E-state index is 0.190. The predicted octanol–water partition coefficient (Wildman–Crippen LogP) is 3.09. The number of nitrogens with zero attached hydrogens (tertiary/aromatic N) is 1. The van der Waals surface area contributed by atoms with Crippen LogP contribution in [0, 0.1) is 0 Å². The fourth-order valence-electron chi connectivity index (χ4n) is 2.32. The molecule has 0 spiro atoms. The Morgan fingerprint density at radius 2 is 1.75 bits per heavy atom. The SMILES string of the molecule is CC[C@@H](N)c1ccc(N2CCCCC2)cc1. The molecule has 1 fully saturated rings. The van der Waals surface area contributed by atoms with Crippen LogP contribution in [0.3, 0.4) is 0 Å². The first-order valence-corrected chi connectivity index (χ1v) is 6.41. The number of hydrogen-bond acceptors (Lipinski definition) is 2. The van der Waals surface area contributed by atoms with Crippen LogP contribution in [0.25, 0.3) is 0 Å². The van der Waals surface area contributed by atoms with E-state index in [1.54, 1.807) is 0 Å². The van der Waals surface area contributed by atoms with Gasteiger partial charge in [-0.3, -0.25) is 0 Å². The van der Waals surface area contributed by atoms with Gasteiger partial charge in [0.1, 0.15) is 0 Å². The summed E-state index contributed by atoms with van der Waals surface area (Å²) in [5.74, 6) is 0. The molecular formula is C14H22N2.